The van der Waals surface area contributed by atoms with Crippen molar-refractivity contribution >= 4 is 38.9 Å². The summed E-state index contributed by atoms with van der Waals surface area (Å²) in [5.41, 5.74) is 6.16. The number of hydrogen-bond acceptors (Lipinski definition) is 3. The van der Waals surface area contributed by atoms with Crippen LogP contribution in [0.4, 0.5) is 11.4 Å². The van der Waals surface area contributed by atoms with Crippen LogP contribution in [-0.4, -0.2) is 14.3 Å². The van der Waals surface area contributed by atoms with E-state index in [0.717, 1.165) is 27.8 Å². The molecule has 162 valence electrons. The minimum absolute atomic E-state index is 0.0384. The molecule has 0 aromatic heterocycles. The summed E-state index contributed by atoms with van der Waals surface area (Å²) in [6.45, 7) is 9.58. The van der Waals surface area contributed by atoms with E-state index in [-0.39, 0.29) is 15.5 Å². The number of benzene rings is 3. The first-order valence-corrected chi connectivity index (χ1v) is 11.6. The van der Waals surface area contributed by atoms with Crippen LogP contribution in [-0.2, 0) is 10.0 Å². The van der Waals surface area contributed by atoms with E-state index >= 15 is 0 Å². The Labute approximate surface area is 188 Å². The number of hydrogen-bond donors (Lipinski definition) is 2. The number of nitrogens with one attached hydrogen (secondary N) is 2. The van der Waals surface area contributed by atoms with Gasteiger partial charge in [-0.25, -0.2) is 8.42 Å². The second kappa shape index (κ2) is 8.73. The molecular weight excluding hydrogens is 432 g/mol. The van der Waals surface area contributed by atoms with Gasteiger partial charge in [0.25, 0.3) is 15.9 Å². The second-order valence-corrected chi connectivity index (χ2v) is 9.85. The van der Waals surface area contributed by atoms with Gasteiger partial charge in [0.05, 0.1) is 10.7 Å². The summed E-state index contributed by atoms with van der Waals surface area (Å²) in [6.07, 6.45) is 0. The smallest absolute Gasteiger partial charge is 0.263 e. The van der Waals surface area contributed by atoms with Crippen molar-refractivity contribution in [3.05, 3.63) is 86.9 Å². The predicted octanol–water partition coefficient (Wildman–Crippen LogP) is 5.94. The molecule has 7 heteroatoms. The molecular formula is C24H25ClN2O3S. The molecule has 3 aromatic rings. The maximum atomic E-state index is 13.0. The standard InChI is InChI=1S/C24H25ClN2O3S/c1-14-6-9-21(16(3)10-14)27-31(29,30)22-13-19(7-8-20(22)25)24(28)26-23-17(4)11-15(2)12-18(23)5/h6-13,27H,1-5H3,(H,26,28). The highest BCUT2D eigenvalue weighted by atomic mass is 35.5. The van der Waals surface area contributed by atoms with Crippen LogP contribution in [0, 0.1) is 34.6 Å². The third-order valence-electron chi connectivity index (χ3n) is 5.02. The first-order valence-electron chi connectivity index (χ1n) is 9.77. The van der Waals surface area contributed by atoms with Gasteiger partial charge < -0.3 is 5.32 Å². The van der Waals surface area contributed by atoms with Crippen LogP contribution < -0.4 is 10.0 Å². The van der Waals surface area contributed by atoms with E-state index in [2.05, 4.69) is 10.0 Å². The van der Waals surface area contributed by atoms with Gasteiger partial charge in [0.1, 0.15) is 4.90 Å². The normalized spacial score (nSPS) is 11.3. The van der Waals surface area contributed by atoms with E-state index in [1.54, 1.807) is 6.07 Å². The summed E-state index contributed by atoms with van der Waals surface area (Å²) < 4.78 is 28.6. The van der Waals surface area contributed by atoms with Gasteiger partial charge in [0.2, 0.25) is 0 Å². The van der Waals surface area contributed by atoms with Crippen molar-refractivity contribution < 1.29 is 13.2 Å². The number of aryl methyl sites for hydroxylation is 5. The zero-order valence-corrected chi connectivity index (χ0v) is 19.7. The Kier molecular flexibility index (Phi) is 6.43. The number of carbonyl (C=O) groups excluding carboxylic acids is 1. The summed E-state index contributed by atoms with van der Waals surface area (Å²) in [4.78, 5) is 12.7. The summed E-state index contributed by atoms with van der Waals surface area (Å²) in [5, 5.41) is 2.93. The van der Waals surface area contributed by atoms with Gasteiger partial charge >= 0.3 is 0 Å². The summed E-state index contributed by atoms with van der Waals surface area (Å²) >= 11 is 6.19. The zero-order valence-electron chi connectivity index (χ0n) is 18.1. The highest BCUT2D eigenvalue weighted by molar-refractivity contribution is 7.92. The lowest BCUT2D eigenvalue weighted by Crippen LogP contribution is -2.17. The lowest BCUT2D eigenvalue weighted by molar-refractivity contribution is 0.102. The molecule has 0 radical (unpaired) electrons. The van der Waals surface area contributed by atoms with Crippen molar-refractivity contribution in [2.45, 2.75) is 39.5 Å². The van der Waals surface area contributed by atoms with Gasteiger partial charge in [0, 0.05) is 11.3 Å². The quantitative estimate of drug-likeness (QED) is 0.499. The summed E-state index contributed by atoms with van der Waals surface area (Å²) in [5.74, 6) is -0.408. The maximum Gasteiger partial charge on any atom is 0.263 e. The molecule has 1 amide bonds. The van der Waals surface area contributed by atoms with Crippen molar-refractivity contribution in [2.75, 3.05) is 10.0 Å². The van der Waals surface area contributed by atoms with Crippen LogP contribution in [0.1, 0.15) is 38.2 Å². The largest absolute Gasteiger partial charge is 0.322 e. The number of rotatable bonds is 5. The SMILES string of the molecule is Cc1ccc(NS(=O)(=O)c2cc(C(=O)Nc3c(C)cc(C)cc3C)ccc2Cl)c(C)c1. The molecule has 31 heavy (non-hydrogen) atoms. The summed E-state index contributed by atoms with van der Waals surface area (Å²) in [6, 6.07) is 13.6. The van der Waals surface area contributed by atoms with Crippen molar-refractivity contribution in [2.24, 2.45) is 0 Å². The highest BCUT2D eigenvalue weighted by Gasteiger charge is 2.21. The number of halogens is 1. The molecule has 0 atom stereocenters. The van der Waals surface area contributed by atoms with Crippen molar-refractivity contribution in [3.63, 3.8) is 0 Å². The third-order valence-corrected chi connectivity index (χ3v) is 6.87. The monoisotopic (exact) mass is 456 g/mol. The fourth-order valence-electron chi connectivity index (χ4n) is 3.54. The van der Waals surface area contributed by atoms with E-state index < -0.39 is 15.9 Å². The molecule has 0 heterocycles. The van der Waals surface area contributed by atoms with Crippen LogP contribution in [0.3, 0.4) is 0 Å². The van der Waals surface area contributed by atoms with Crippen molar-refractivity contribution in [1.29, 1.82) is 0 Å². The first kappa shape index (κ1) is 22.8. The molecule has 0 bridgehead atoms. The Balaban J connectivity index is 1.93. The van der Waals surface area contributed by atoms with Gasteiger partial charge in [-0.1, -0.05) is 47.0 Å². The minimum atomic E-state index is -3.99. The van der Waals surface area contributed by atoms with E-state index in [1.165, 1.54) is 18.2 Å². The van der Waals surface area contributed by atoms with E-state index in [4.69, 9.17) is 11.6 Å². The first-order chi connectivity index (χ1) is 14.5. The third kappa shape index (κ3) is 5.09. The molecule has 5 nitrogen and oxygen atoms in total. The maximum absolute atomic E-state index is 13.0. The Bertz CT molecular complexity index is 1260. The van der Waals surface area contributed by atoms with Gasteiger partial charge in [-0.2, -0.15) is 0 Å². The Morgan fingerprint density at radius 1 is 0.806 bits per heavy atom. The average molecular weight is 457 g/mol. The molecule has 0 spiro atoms. The van der Waals surface area contributed by atoms with Crippen LogP contribution in [0.25, 0.3) is 0 Å². The van der Waals surface area contributed by atoms with E-state index in [0.29, 0.717) is 11.4 Å². The molecule has 2 N–H and O–H groups in total. The topological polar surface area (TPSA) is 75.3 Å². The van der Waals surface area contributed by atoms with Crippen molar-refractivity contribution in [1.82, 2.24) is 0 Å². The van der Waals surface area contributed by atoms with Crippen LogP contribution in [0.15, 0.2) is 53.4 Å². The van der Waals surface area contributed by atoms with E-state index in [9.17, 15) is 13.2 Å². The van der Waals surface area contributed by atoms with Gasteiger partial charge in [0.15, 0.2) is 0 Å². The lowest BCUT2D eigenvalue weighted by Gasteiger charge is -2.15. The Morgan fingerprint density at radius 2 is 1.42 bits per heavy atom. The predicted molar refractivity (Wildman–Crippen MR) is 127 cm³/mol. The molecule has 0 fully saturated rings. The van der Waals surface area contributed by atoms with Gasteiger partial charge in [-0.05, 0) is 75.6 Å². The lowest BCUT2D eigenvalue weighted by atomic mass is 10.0. The fourth-order valence-corrected chi connectivity index (χ4v) is 5.20. The zero-order chi connectivity index (χ0) is 22.9. The molecule has 3 aromatic carbocycles. The molecule has 0 aliphatic rings. The van der Waals surface area contributed by atoms with Crippen LogP contribution in [0.2, 0.25) is 5.02 Å². The molecule has 0 aliphatic heterocycles. The molecule has 0 saturated heterocycles. The molecule has 0 unspecified atom stereocenters. The summed E-state index contributed by atoms with van der Waals surface area (Å²) in [7, 11) is -3.99. The van der Waals surface area contributed by atoms with Crippen LogP contribution in [0.5, 0.6) is 0 Å². The number of carbonyl (C=O) groups is 1. The molecule has 0 aliphatic carbocycles. The van der Waals surface area contributed by atoms with Crippen molar-refractivity contribution in [3.8, 4) is 0 Å². The molecule has 3 rings (SSSR count). The highest BCUT2D eigenvalue weighted by Crippen LogP contribution is 2.28. The average Bonchev–Trinajstić information content (AvgIpc) is 2.67. The fraction of sp³-hybridized carbons (Fsp3) is 0.208. The molecule has 0 saturated carbocycles. The Hall–Kier alpha value is -2.83. The van der Waals surface area contributed by atoms with E-state index in [1.807, 2.05) is 58.9 Å². The van der Waals surface area contributed by atoms with Gasteiger partial charge in [-0.15, -0.1) is 0 Å². The number of sulfonamides is 1. The number of anilines is 2. The van der Waals surface area contributed by atoms with Gasteiger partial charge in [-0.3, -0.25) is 9.52 Å². The minimum Gasteiger partial charge on any atom is -0.322 e. The Morgan fingerprint density at radius 3 is 2.03 bits per heavy atom. The van der Waals surface area contributed by atoms with Crippen LogP contribution >= 0.6 is 11.6 Å². The second-order valence-electron chi connectivity index (χ2n) is 7.80. The number of amides is 1.